The number of hydrogen-bond acceptors (Lipinski definition) is 5. The molecule has 1 aliphatic heterocycles. The molecule has 0 bridgehead atoms. The molecule has 1 amide bonds. The zero-order valence-corrected chi connectivity index (χ0v) is 13.3. The van der Waals surface area contributed by atoms with Gasteiger partial charge in [0.05, 0.1) is 30.0 Å². The Bertz CT molecular complexity index is 623. The van der Waals surface area contributed by atoms with Crippen molar-refractivity contribution in [3.8, 4) is 10.7 Å². The molecule has 0 saturated carbocycles. The zero-order chi connectivity index (χ0) is 15.4. The Hall–Kier alpha value is -1.79. The standard InChI is InChI=1S/C16H19N3O2S/c1-11(14-6-4-8-21-14)18-15(20)9-12-10-22-16(19-12)13-5-2-3-7-17-13/h2-3,5,7,10-11,14H,4,6,8-9H2,1H3,(H,18,20)/t11-,14+/m1/s1. The normalized spacial score (nSPS) is 19.0. The van der Waals surface area contributed by atoms with Gasteiger partial charge in [0.2, 0.25) is 5.91 Å². The number of carbonyl (C=O) groups is 1. The number of nitrogens with one attached hydrogen (secondary N) is 1. The number of pyridine rings is 1. The summed E-state index contributed by atoms with van der Waals surface area (Å²) in [6, 6.07) is 5.77. The number of amides is 1. The van der Waals surface area contributed by atoms with Gasteiger partial charge in [-0.3, -0.25) is 9.78 Å². The second-order valence-electron chi connectivity index (χ2n) is 5.44. The number of carbonyl (C=O) groups excluding carboxylic acids is 1. The molecule has 1 fully saturated rings. The Morgan fingerprint density at radius 1 is 1.55 bits per heavy atom. The molecule has 3 rings (SSSR count). The van der Waals surface area contributed by atoms with Crippen molar-refractivity contribution < 1.29 is 9.53 Å². The average molecular weight is 317 g/mol. The Morgan fingerprint density at radius 3 is 3.18 bits per heavy atom. The summed E-state index contributed by atoms with van der Waals surface area (Å²) in [7, 11) is 0. The Labute approximate surface area is 133 Å². The van der Waals surface area contributed by atoms with Crippen LogP contribution in [-0.4, -0.2) is 34.6 Å². The third-order valence-corrected chi connectivity index (χ3v) is 4.60. The maximum absolute atomic E-state index is 12.1. The lowest BCUT2D eigenvalue weighted by molar-refractivity contribution is -0.121. The first-order valence-electron chi connectivity index (χ1n) is 7.49. The van der Waals surface area contributed by atoms with Gasteiger partial charge < -0.3 is 10.1 Å². The molecule has 0 aromatic carbocycles. The van der Waals surface area contributed by atoms with Crippen molar-refractivity contribution in [3.63, 3.8) is 0 Å². The SMILES string of the molecule is C[C@@H](NC(=O)Cc1csc(-c2ccccn2)n1)[C@@H]1CCCO1. The maximum atomic E-state index is 12.1. The first-order valence-corrected chi connectivity index (χ1v) is 8.37. The topological polar surface area (TPSA) is 64.1 Å². The van der Waals surface area contributed by atoms with Crippen LogP contribution in [0.1, 0.15) is 25.5 Å². The van der Waals surface area contributed by atoms with Crippen LogP contribution < -0.4 is 5.32 Å². The molecule has 0 unspecified atom stereocenters. The lowest BCUT2D eigenvalue weighted by Gasteiger charge is -2.19. The smallest absolute Gasteiger partial charge is 0.226 e. The van der Waals surface area contributed by atoms with Crippen LogP contribution in [0.25, 0.3) is 10.7 Å². The first kappa shape index (κ1) is 15.1. The van der Waals surface area contributed by atoms with Crippen LogP contribution in [0, 0.1) is 0 Å². The van der Waals surface area contributed by atoms with E-state index in [1.807, 2.05) is 30.5 Å². The fourth-order valence-corrected chi connectivity index (χ4v) is 3.35. The summed E-state index contributed by atoms with van der Waals surface area (Å²) in [6.07, 6.45) is 4.27. The van der Waals surface area contributed by atoms with Crippen LogP contribution in [0.3, 0.4) is 0 Å². The van der Waals surface area contributed by atoms with Crippen molar-refractivity contribution >= 4 is 17.2 Å². The second-order valence-corrected chi connectivity index (χ2v) is 6.30. The largest absolute Gasteiger partial charge is 0.376 e. The minimum Gasteiger partial charge on any atom is -0.376 e. The van der Waals surface area contributed by atoms with Crippen LogP contribution >= 0.6 is 11.3 Å². The molecular weight excluding hydrogens is 298 g/mol. The first-order chi connectivity index (χ1) is 10.7. The lowest BCUT2D eigenvalue weighted by Crippen LogP contribution is -2.41. The van der Waals surface area contributed by atoms with Crippen LogP contribution in [0.4, 0.5) is 0 Å². The Balaban J connectivity index is 1.57. The molecule has 2 aromatic rings. The van der Waals surface area contributed by atoms with Crippen LogP contribution in [0.2, 0.25) is 0 Å². The third-order valence-electron chi connectivity index (χ3n) is 3.69. The van der Waals surface area contributed by atoms with Gasteiger partial charge in [0.1, 0.15) is 5.01 Å². The molecule has 6 heteroatoms. The molecular formula is C16H19N3O2S. The van der Waals surface area contributed by atoms with E-state index in [4.69, 9.17) is 4.74 Å². The number of aromatic nitrogens is 2. The van der Waals surface area contributed by atoms with E-state index < -0.39 is 0 Å². The fraction of sp³-hybridized carbons (Fsp3) is 0.438. The molecule has 2 atom stereocenters. The highest BCUT2D eigenvalue weighted by Crippen LogP contribution is 2.21. The van der Waals surface area contributed by atoms with Gasteiger partial charge in [0.15, 0.2) is 0 Å². The molecule has 22 heavy (non-hydrogen) atoms. The van der Waals surface area contributed by atoms with Crippen molar-refractivity contribution in [1.29, 1.82) is 0 Å². The van der Waals surface area contributed by atoms with E-state index >= 15 is 0 Å². The fourth-order valence-electron chi connectivity index (χ4n) is 2.55. The second kappa shape index (κ2) is 6.98. The highest BCUT2D eigenvalue weighted by atomic mass is 32.1. The maximum Gasteiger partial charge on any atom is 0.226 e. The molecule has 0 radical (unpaired) electrons. The molecule has 0 spiro atoms. The summed E-state index contributed by atoms with van der Waals surface area (Å²) in [5.74, 6) is -0.0131. The number of ether oxygens (including phenoxy) is 1. The van der Waals surface area contributed by atoms with Crippen LogP contribution in [-0.2, 0) is 16.0 Å². The van der Waals surface area contributed by atoms with Crippen LogP contribution in [0.15, 0.2) is 29.8 Å². The number of nitrogens with zero attached hydrogens (tertiary/aromatic N) is 2. The molecule has 0 aliphatic carbocycles. The van der Waals surface area contributed by atoms with Gasteiger partial charge in [-0.1, -0.05) is 6.07 Å². The van der Waals surface area contributed by atoms with Gasteiger partial charge in [-0.2, -0.15) is 0 Å². The number of hydrogen-bond donors (Lipinski definition) is 1. The van der Waals surface area contributed by atoms with E-state index in [1.54, 1.807) is 6.20 Å². The van der Waals surface area contributed by atoms with Crippen molar-refractivity contribution in [1.82, 2.24) is 15.3 Å². The monoisotopic (exact) mass is 317 g/mol. The summed E-state index contributed by atoms with van der Waals surface area (Å²) in [5, 5.41) is 5.76. The van der Waals surface area contributed by atoms with Crippen LogP contribution in [0.5, 0.6) is 0 Å². The molecule has 2 aromatic heterocycles. The van der Waals surface area contributed by atoms with E-state index in [1.165, 1.54) is 11.3 Å². The summed E-state index contributed by atoms with van der Waals surface area (Å²) in [4.78, 5) is 20.9. The summed E-state index contributed by atoms with van der Waals surface area (Å²) in [5.41, 5.74) is 1.62. The number of thiazole rings is 1. The van der Waals surface area contributed by atoms with E-state index in [0.29, 0.717) is 6.42 Å². The summed E-state index contributed by atoms with van der Waals surface area (Å²) < 4.78 is 5.59. The van der Waals surface area contributed by atoms with Crippen molar-refractivity contribution in [2.24, 2.45) is 0 Å². The van der Waals surface area contributed by atoms with Gasteiger partial charge in [0, 0.05) is 18.2 Å². The molecule has 5 nitrogen and oxygen atoms in total. The number of rotatable bonds is 5. The Morgan fingerprint density at radius 2 is 2.45 bits per heavy atom. The molecule has 3 heterocycles. The summed E-state index contributed by atoms with van der Waals surface area (Å²) >= 11 is 1.51. The molecule has 1 N–H and O–H groups in total. The zero-order valence-electron chi connectivity index (χ0n) is 12.5. The van der Waals surface area contributed by atoms with Gasteiger partial charge in [-0.05, 0) is 31.9 Å². The van der Waals surface area contributed by atoms with Crippen molar-refractivity contribution in [2.75, 3.05) is 6.61 Å². The molecule has 116 valence electrons. The molecule has 1 saturated heterocycles. The highest BCUT2D eigenvalue weighted by Gasteiger charge is 2.23. The minimum absolute atomic E-state index is 0.0131. The van der Waals surface area contributed by atoms with E-state index in [2.05, 4.69) is 15.3 Å². The molecule has 1 aliphatic rings. The van der Waals surface area contributed by atoms with Gasteiger partial charge >= 0.3 is 0 Å². The van der Waals surface area contributed by atoms with E-state index in [0.717, 1.165) is 35.8 Å². The average Bonchev–Trinajstić information content (AvgIpc) is 3.19. The predicted octanol–water partition coefficient (Wildman–Crippen LogP) is 2.43. The Kier molecular flexibility index (Phi) is 4.80. The lowest BCUT2D eigenvalue weighted by atomic mass is 10.1. The van der Waals surface area contributed by atoms with Gasteiger partial charge in [0.25, 0.3) is 0 Å². The van der Waals surface area contributed by atoms with Gasteiger partial charge in [-0.25, -0.2) is 4.98 Å². The summed E-state index contributed by atoms with van der Waals surface area (Å²) in [6.45, 7) is 2.79. The third kappa shape index (κ3) is 3.69. The quantitative estimate of drug-likeness (QED) is 0.920. The van der Waals surface area contributed by atoms with Crippen molar-refractivity contribution in [3.05, 3.63) is 35.5 Å². The highest BCUT2D eigenvalue weighted by molar-refractivity contribution is 7.13. The minimum atomic E-state index is -0.0131. The van der Waals surface area contributed by atoms with E-state index in [-0.39, 0.29) is 18.1 Å². The van der Waals surface area contributed by atoms with Gasteiger partial charge in [-0.15, -0.1) is 11.3 Å². The van der Waals surface area contributed by atoms with Crippen molar-refractivity contribution in [2.45, 2.75) is 38.3 Å². The predicted molar refractivity (Wildman–Crippen MR) is 85.6 cm³/mol. The van der Waals surface area contributed by atoms with E-state index in [9.17, 15) is 4.79 Å².